The Bertz CT molecular complexity index is 811. The molecule has 6 nitrogen and oxygen atoms in total. The summed E-state index contributed by atoms with van der Waals surface area (Å²) in [6, 6.07) is 8.68. The molecule has 0 amide bonds. The Morgan fingerprint density at radius 3 is 1.81 bits per heavy atom. The Labute approximate surface area is 201 Å². The third-order valence-corrected chi connectivity index (χ3v) is 9.82. The fourth-order valence-corrected chi connectivity index (χ4v) is 8.13. The van der Waals surface area contributed by atoms with Crippen molar-refractivity contribution in [1.82, 2.24) is 14.2 Å². The molecule has 4 aliphatic rings. The normalized spacial score (nSPS) is 25.3. The first kappa shape index (κ1) is 23.0. The standard InChI is InChI=1S/C24H33BrN3O3P/c25-22-4-1-20(2-5-22)19-21-3-6-23(24(21)26-7-13-29-14-8-26)32(27-9-15-30-16-10-27)28-11-17-31-18-12-28/h1-2,4-5,19H,3,6-18H2/b21-19+. The van der Waals surface area contributed by atoms with E-state index in [0.29, 0.717) is 0 Å². The topological polar surface area (TPSA) is 37.4 Å². The predicted octanol–water partition coefficient (Wildman–Crippen LogP) is 4.15. The number of nitrogens with zero attached hydrogens (tertiary/aromatic N) is 3. The maximum Gasteiger partial charge on any atom is 0.0706 e. The molecule has 3 fully saturated rings. The van der Waals surface area contributed by atoms with E-state index in [1.165, 1.54) is 16.8 Å². The van der Waals surface area contributed by atoms with Crippen molar-refractivity contribution in [2.45, 2.75) is 12.8 Å². The van der Waals surface area contributed by atoms with Gasteiger partial charge in [0.25, 0.3) is 0 Å². The zero-order chi connectivity index (χ0) is 21.8. The number of halogens is 1. The van der Waals surface area contributed by atoms with Gasteiger partial charge < -0.3 is 19.1 Å². The van der Waals surface area contributed by atoms with Gasteiger partial charge in [-0.1, -0.05) is 28.1 Å². The van der Waals surface area contributed by atoms with Crippen LogP contribution < -0.4 is 0 Å². The summed E-state index contributed by atoms with van der Waals surface area (Å²) in [5.41, 5.74) is 4.26. The fourth-order valence-electron chi connectivity index (χ4n) is 4.95. The van der Waals surface area contributed by atoms with E-state index in [1.807, 2.05) is 0 Å². The number of benzene rings is 1. The van der Waals surface area contributed by atoms with Crippen LogP contribution in [0.4, 0.5) is 0 Å². The van der Waals surface area contributed by atoms with Crippen LogP contribution in [0.1, 0.15) is 18.4 Å². The van der Waals surface area contributed by atoms with Gasteiger partial charge in [-0.3, -0.25) is 9.34 Å². The average Bonchev–Trinajstić information content (AvgIpc) is 3.25. The molecule has 1 aromatic carbocycles. The first-order valence-corrected chi connectivity index (χ1v) is 13.8. The summed E-state index contributed by atoms with van der Waals surface area (Å²) in [5, 5.41) is 1.65. The predicted molar refractivity (Wildman–Crippen MR) is 132 cm³/mol. The minimum Gasteiger partial charge on any atom is -0.379 e. The zero-order valence-electron chi connectivity index (χ0n) is 18.7. The Morgan fingerprint density at radius 1 is 0.719 bits per heavy atom. The van der Waals surface area contributed by atoms with E-state index in [1.54, 1.807) is 5.31 Å². The molecule has 32 heavy (non-hydrogen) atoms. The number of ether oxygens (including phenoxy) is 3. The maximum absolute atomic E-state index is 5.72. The second kappa shape index (κ2) is 11.1. The van der Waals surface area contributed by atoms with Gasteiger partial charge in [-0.15, -0.1) is 0 Å². The van der Waals surface area contributed by atoms with Crippen molar-refractivity contribution in [2.24, 2.45) is 0 Å². The summed E-state index contributed by atoms with van der Waals surface area (Å²) < 4.78 is 23.7. The minimum absolute atomic E-state index is 0.513. The van der Waals surface area contributed by atoms with E-state index in [-0.39, 0.29) is 0 Å². The highest BCUT2D eigenvalue weighted by Gasteiger charge is 2.37. The van der Waals surface area contributed by atoms with Crippen molar-refractivity contribution in [3.8, 4) is 0 Å². The molecular weight excluding hydrogens is 489 g/mol. The van der Waals surface area contributed by atoms with E-state index >= 15 is 0 Å². The molecule has 0 aromatic heterocycles. The van der Waals surface area contributed by atoms with Gasteiger partial charge in [0.15, 0.2) is 0 Å². The molecule has 3 saturated heterocycles. The van der Waals surface area contributed by atoms with Crippen LogP contribution >= 0.6 is 24.2 Å². The van der Waals surface area contributed by atoms with Crippen LogP contribution in [0.25, 0.3) is 6.08 Å². The van der Waals surface area contributed by atoms with E-state index in [2.05, 4.69) is 60.5 Å². The Balaban J connectivity index is 1.54. The zero-order valence-corrected chi connectivity index (χ0v) is 21.2. The van der Waals surface area contributed by atoms with Gasteiger partial charge in [0.05, 0.1) is 47.9 Å². The lowest BCUT2D eigenvalue weighted by molar-refractivity contribution is 0.0540. The first-order chi connectivity index (χ1) is 15.8. The van der Waals surface area contributed by atoms with Crippen molar-refractivity contribution < 1.29 is 14.2 Å². The molecule has 0 spiro atoms. The number of hydrogen-bond acceptors (Lipinski definition) is 6. The van der Waals surface area contributed by atoms with Crippen LogP contribution in [0.5, 0.6) is 0 Å². The number of morpholine rings is 3. The number of allylic oxidation sites excluding steroid dienone is 2. The second-order valence-electron chi connectivity index (χ2n) is 8.54. The maximum atomic E-state index is 5.72. The van der Waals surface area contributed by atoms with Gasteiger partial charge in [-0.05, 0) is 42.2 Å². The monoisotopic (exact) mass is 521 g/mol. The lowest BCUT2D eigenvalue weighted by atomic mass is 10.1. The summed E-state index contributed by atoms with van der Waals surface area (Å²) in [5.74, 6) is 0. The highest BCUT2D eigenvalue weighted by atomic mass is 79.9. The summed E-state index contributed by atoms with van der Waals surface area (Å²) in [6.07, 6.45) is 4.68. The lowest BCUT2D eigenvalue weighted by Gasteiger charge is -2.44. The molecule has 0 radical (unpaired) electrons. The molecule has 0 atom stereocenters. The van der Waals surface area contributed by atoms with E-state index in [9.17, 15) is 0 Å². The molecule has 3 heterocycles. The Kier molecular flexibility index (Phi) is 7.96. The molecule has 1 aliphatic carbocycles. The lowest BCUT2D eigenvalue weighted by Crippen LogP contribution is -2.42. The third kappa shape index (κ3) is 5.30. The van der Waals surface area contributed by atoms with Gasteiger partial charge in [0.1, 0.15) is 0 Å². The van der Waals surface area contributed by atoms with E-state index in [0.717, 1.165) is 96.2 Å². The van der Waals surface area contributed by atoms with Crippen molar-refractivity contribution in [1.29, 1.82) is 0 Å². The smallest absolute Gasteiger partial charge is 0.0706 e. The molecule has 8 heteroatoms. The highest BCUT2D eigenvalue weighted by molar-refractivity contribution is 9.10. The number of rotatable bonds is 5. The summed E-state index contributed by atoms with van der Waals surface area (Å²) in [7, 11) is -0.513. The van der Waals surface area contributed by atoms with Crippen LogP contribution in [0, 0.1) is 0 Å². The molecule has 174 valence electrons. The highest BCUT2D eigenvalue weighted by Crippen LogP contribution is 2.59. The SMILES string of the molecule is Brc1ccc(/C=C2\CCC(P(N3CCOCC3)N3CCOCC3)=C2N2CCOCC2)cc1. The minimum atomic E-state index is -0.513. The van der Waals surface area contributed by atoms with Gasteiger partial charge in [-0.2, -0.15) is 0 Å². The Morgan fingerprint density at radius 2 is 1.25 bits per heavy atom. The van der Waals surface area contributed by atoms with Gasteiger partial charge in [-0.25, -0.2) is 0 Å². The van der Waals surface area contributed by atoms with Crippen LogP contribution in [0.2, 0.25) is 0 Å². The van der Waals surface area contributed by atoms with Crippen LogP contribution in [0.15, 0.2) is 45.3 Å². The Hall–Kier alpha value is -0.790. The summed E-state index contributed by atoms with van der Waals surface area (Å²) >= 11 is 3.57. The summed E-state index contributed by atoms with van der Waals surface area (Å²) in [4.78, 5) is 2.60. The molecule has 3 aliphatic heterocycles. The van der Waals surface area contributed by atoms with Gasteiger partial charge in [0.2, 0.25) is 0 Å². The number of hydrogen-bond donors (Lipinski definition) is 0. The van der Waals surface area contributed by atoms with E-state index in [4.69, 9.17) is 14.2 Å². The van der Waals surface area contributed by atoms with Crippen molar-refractivity contribution in [3.05, 3.63) is 50.9 Å². The average molecular weight is 522 g/mol. The van der Waals surface area contributed by atoms with Gasteiger partial charge in [0, 0.05) is 54.8 Å². The van der Waals surface area contributed by atoms with Gasteiger partial charge >= 0.3 is 0 Å². The quantitative estimate of drug-likeness (QED) is 0.542. The van der Waals surface area contributed by atoms with Crippen molar-refractivity contribution >= 4 is 30.2 Å². The van der Waals surface area contributed by atoms with Crippen molar-refractivity contribution in [3.63, 3.8) is 0 Å². The van der Waals surface area contributed by atoms with Crippen LogP contribution in [-0.2, 0) is 14.2 Å². The van der Waals surface area contributed by atoms with Crippen molar-refractivity contribution in [2.75, 3.05) is 78.9 Å². The van der Waals surface area contributed by atoms with Crippen LogP contribution in [-0.4, -0.2) is 93.2 Å². The molecule has 0 unspecified atom stereocenters. The molecule has 0 N–H and O–H groups in total. The molecule has 0 bridgehead atoms. The fraction of sp³-hybridized carbons (Fsp3) is 0.583. The first-order valence-electron chi connectivity index (χ1n) is 11.8. The molecule has 1 aromatic rings. The second-order valence-corrected chi connectivity index (χ2v) is 11.7. The van der Waals surface area contributed by atoms with E-state index < -0.39 is 8.22 Å². The molecule has 5 rings (SSSR count). The largest absolute Gasteiger partial charge is 0.379 e. The molecule has 0 saturated carbocycles. The summed E-state index contributed by atoms with van der Waals surface area (Å²) in [6.45, 7) is 11.0. The third-order valence-electron chi connectivity index (χ3n) is 6.50. The van der Waals surface area contributed by atoms with Crippen LogP contribution in [0.3, 0.4) is 0 Å². The molecular formula is C24H33BrN3O3P.